The number of hydrogen-bond acceptors (Lipinski definition) is 6. The number of esters is 1. The van der Waals surface area contributed by atoms with E-state index >= 15 is 0 Å². The molecular formula is C20H15ClN4O3. The van der Waals surface area contributed by atoms with Crippen molar-refractivity contribution in [1.82, 2.24) is 20.0 Å². The maximum absolute atomic E-state index is 12.2. The van der Waals surface area contributed by atoms with Crippen molar-refractivity contribution >= 4 is 17.6 Å². The third-order valence-corrected chi connectivity index (χ3v) is 4.34. The first-order chi connectivity index (χ1) is 13.7. The van der Waals surface area contributed by atoms with E-state index in [4.69, 9.17) is 20.8 Å². The first-order valence-electron chi connectivity index (χ1n) is 8.50. The average molecular weight is 395 g/mol. The lowest BCUT2D eigenvalue weighted by molar-refractivity contribution is 0.0438. The summed E-state index contributed by atoms with van der Waals surface area (Å²) in [6, 6.07) is 16.8. The van der Waals surface area contributed by atoms with Gasteiger partial charge in [-0.25, -0.2) is 4.79 Å². The summed E-state index contributed by atoms with van der Waals surface area (Å²) in [5.41, 5.74) is 2.04. The molecule has 0 saturated heterocycles. The molecule has 0 bridgehead atoms. The zero-order chi connectivity index (χ0) is 19.3. The molecule has 140 valence electrons. The topological polar surface area (TPSA) is 83.0 Å². The van der Waals surface area contributed by atoms with Gasteiger partial charge in [0.05, 0.1) is 18.3 Å². The fourth-order valence-corrected chi connectivity index (χ4v) is 2.77. The molecule has 7 nitrogen and oxygen atoms in total. The van der Waals surface area contributed by atoms with Gasteiger partial charge in [0, 0.05) is 16.8 Å². The SMILES string of the molecule is O=C(OCc1nnc(-c2ccccc2)o1)c1cnn(Cc2ccccc2Cl)c1. The molecule has 0 aliphatic carbocycles. The van der Waals surface area contributed by atoms with Gasteiger partial charge in [0.25, 0.3) is 5.89 Å². The second-order valence-electron chi connectivity index (χ2n) is 5.96. The van der Waals surface area contributed by atoms with Crippen molar-refractivity contribution in [3.63, 3.8) is 0 Å². The van der Waals surface area contributed by atoms with E-state index in [-0.39, 0.29) is 12.5 Å². The van der Waals surface area contributed by atoms with Crippen molar-refractivity contribution in [2.75, 3.05) is 0 Å². The Morgan fingerprint density at radius 1 is 1.07 bits per heavy atom. The normalized spacial score (nSPS) is 10.8. The highest BCUT2D eigenvalue weighted by Gasteiger charge is 2.14. The van der Waals surface area contributed by atoms with Gasteiger partial charge >= 0.3 is 5.97 Å². The highest BCUT2D eigenvalue weighted by Crippen LogP contribution is 2.18. The lowest BCUT2D eigenvalue weighted by Crippen LogP contribution is -2.05. The van der Waals surface area contributed by atoms with E-state index in [1.54, 1.807) is 10.9 Å². The lowest BCUT2D eigenvalue weighted by atomic mass is 10.2. The number of rotatable bonds is 6. The molecule has 0 aliphatic heterocycles. The van der Waals surface area contributed by atoms with Crippen molar-refractivity contribution in [2.45, 2.75) is 13.2 Å². The zero-order valence-corrected chi connectivity index (χ0v) is 15.4. The van der Waals surface area contributed by atoms with Gasteiger partial charge in [-0.05, 0) is 23.8 Å². The fraction of sp³-hybridized carbons (Fsp3) is 0.100. The van der Waals surface area contributed by atoms with Crippen LogP contribution in [0.5, 0.6) is 0 Å². The van der Waals surface area contributed by atoms with Crippen molar-refractivity contribution in [3.05, 3.63) is 89.0 Å². The quantitative estimate of drug-likeness (QED) is 0.460. The predicted molar refractivity (Wildman–Crippen MR) is 102 cm³/mol. The van der Waals surface area contributed by atoms with Crippen LogP contribution >= 0.6 is 11.6 Å². The van der Waals surface area contributed by atoms with Crippen LogP contribution in [-0.4, -0.2) is 25.9 Å². The monoisotopic (exact) mass is 394 g/mol. The van der Waals surface area contributed by atoms with Gasteiger partial charge in [0.15, 0.2) is 6.61 Å². The fourth-order valence-electron chi connectivity index (χ4n) is 2.58. The van der Waals surface area contributed by atoms with Crippen molar-refractivity contribution in [3.8, 4) is 11.5 Å². The van der Waals surface area contributed by atoms with Gasteiger partial charge in [0.2, 0.25) is 5.89 Å². The minimum atomic E-state index is -0.523. The van der Waals surface area contributed by atoms with Crippen molar-refractivity contribution < 1.29 is 13.9 Å². The Balaban J connectivity index is 1.36. The molecule has 2 aromatic carbocycles. The van der Waals surface area contributed by atoms with E-state index in [0.717, 1.165) is 11.1 Å². The van der Waals surface area contributed by atoms with Crippen LogP contribution < -0.4 is 0 Å². The summed E-state index contributed by atoms with van der Waals surface area (Å²) in [5, 5.41) is 12.7. The molecule has 0 saturated carbocycles. The van der Waals surface area contributed by atoms with Crippen molar-refractivity contribution in [2.24, 2.45) is 0 Å². The number of carbonyl (C=O) groups excluding carboxylic acids is 1. The molecule has 0 amide bonds. The highest BCUT2D eigenvalue weighted by molar-refractivity contribution is 6.31. The summed E-state index contributed by atoms with van der Waals surface area (Å²) in [6.45, 7) is 0.339. The molecule has 8 heteroatoms. The second kappa shape index (κ2) is 8.06. The standard InChI is InChI=1S/C20H15ClN4O3/c21-17-9-5-4-8-15(17)11-25-12-16(10-22-25)20(26)27-13-18-23-24-19(28-18)14-6-2-1-3-7-14/h1-10,12H,11,13H2. The smallest absolute Gasteiger partial charge is 0.341 e. The van der Waals surface area contributed by atoms with E-state index < -0.39 is 5.97 Å². The molecule has 0 spiro atoms. The highest BCUT2D eigenvalue weighted by atomic mass is 35.5. The Hall–Kier alpha value is -3.45. The number of aromatic nitrogens is 4. The minimum absolute atomic E-state index is 0.117. The summed E-state index contributed by atoms with van der Waals surface area (Å²) >= 11 is 6.15. The Bertz CT molecular complexity index is 1090. The van der Waals surface area contributed by atoms with Crippen LogP contribution in [0.4, 0.5) is 0 Å². The summed E-state index contributed by atoms with van der Waals surface area (Å²) < 4.78 is 12.4. The van der Waals surface area contributed by atoms with Gasteiger partial charge < -0.3 is 9.15 Å². The third-order valence-electron chi connectivity index (χ3n) is 3.97. The number of benzene rings is 2. The summed E-state index contributed by atoms with van der Waals surface area (Å²) in [7, 11) is 0. The van der Waals surface area contributed by atoms with Gasteiger partial charge in [-0.15, -0.1) is 10.2 Å². The van der Waals surface area contributed by atoms with E-state index in [0.29, 0.717) is 23.0 Å². The molecule has 0 atom stereocenters. The molecule has 2 aromatic heterocycles. The zero-order valence-electron chi connectivity index (χ0n) is 14.7. The Morgan fingerprint density at radius 2 is 1.86 bits per heavy atom. The van der Waals surface area contributed by atoms with Gasteiger partial charge in [-0.2, -0.15) is 5.10 Å². The number of halogens is 1. The van der Waals surface area contributed by atoms with Crippen molar-refractivity contribution in [1.29, 1.82) is 0 Å². The molecule has 0 radical (unpaired) electrons. The Morgan fingerprint density at radius 3 is 2.68 bits per heavy atom. The van der Waals surface area contributed by atoms with Crippen LogP contribution in [0.3, 0.4) is 0 Å². The molecule has 0 aliphatic rings. The summed E-state index contributed by atoms with van der Waals surface area (Å²) in [6.07, 6.45) is 3.05. The Kier molecular flexibility index (Phi) is 5.16. The van der Waals surface area contributed by atoms with Crippen LogP contribution in [-0.2, 0) is 17.9 Å². The van der Waals surface area contributed by atoms with Crippen LogP contribution in [0.25, 0.3) is 11.5 Å². The van der Waals surface area contributed by atoms with E-state index in [9.17, 15) is 4.79 Å². The van der Waals surface area contributed by atoms with Crippen LogP contribution in [0.2, 0.25) is 5.02 Å². The number of hydrogen-bond donors (Lipinski definition) is 0. The molecule has 0 unspecified atom stereocenters. The van der Waals surface area contributed by atoms with E-state index in [1.807, 2.05) is 54.6 Å². The largest absolute Gasteiger partial charge is 0.452 e. The first-order valence-corrected chi connectivity index (χ1v) is 8.87. The number of nitrogens with zero attached hydrogens (tertiary/aromatic N) is 4. The van der Waals surface area contributed by atoms with Crippen LogP contribution in [0, 0.1) is 0 Å². The average Bonchev–Trinajstić information content (AvgIpc) is 3.38. The molecule has 0 N–H and O–H groups in total. The van der Waals surface area contributed by atoms with E-state index in [2.05, 4.69) is 15.3 Å². The van der Waals surface area contributed by atoms with Gasteiger partial charge in [-0.1, -0.05) is 48.0 Å². The number of carbonyl (C=O) groups is 1. The number of ether oxygens (including phenoxy) is 1. The maximum Gasteiger partial charge on any atom is 0.341 e. The summed E-state index contributed by atoms with van der Waals surface area (Å²) in [5.74, 6) is 0.0692. The Labute approximate surface area is 165 Å². The molecule has 4 rings (SSSR count). The van der Waals surface area contributed by atoms with Crippen LogP contribution in [0.15, 0.2) is 71.4 Å². The molecule has 28 heavy (non-hydrogen) atoms. The van der Waals surface area contributed by atoms with Crippen LogP contribution in [0.1, 0.15) is 21.8 Å². The molecule has 4 aromatic rings. The van der Waals surface area contributed by atoms with E-state index in [1.165, 1.54) is 6.20 Å². The third kappa shape index (κ3) is 4.10. The van der Waals surface area contributed by atoms with Gasteiger partial charge in [-0.3, -0.25) is 4.68 Å². The second-order valence-corrected chi connectivity index (χ2v) is 6.37. The molecule has 0 fully saturated rings. The maximum atomic E-state index is 12.2. The van der Waals surface area contributed by atoms with Gasteiger partial charge in [0.1, 0.15) is 0 Å². The first kappa shape index (κ1) is 17.9. The molecular weight excluding hydrogens is 380 g/mol. The lowest BCUT2D eigenvalue weighted by Gasteiger charge is -2.03. The predicted octanol–water partition coefficient (Wildman–Crippen LogP) is 3.99. The minimum Gasteiger partial charge on any atom is -0.452 e. The molecule has 2 heterocycles. The summed E-state index contributed by atoms with van der Waals surface area (Å²) in [4.78, 5) is 12.2.